The zero-order chi connectivity index (χ0) is 19.4. The van der Waals surface area contributed by atoms with Gasteiger partial charge in [0.1, 0.15) is 0 Å². The molecule has 0 saturated carbocycles. The second kappa shape index (κ2) is 8.62. The molecule has 2 aliphatic rings. The summed E-state index contributed by atoms with van der Waals surface area (Å²) in [6, 6.07) is 0. The highest BCUT2D eigenvalue weighted by Gasteiger charge is 2.39. The average molecular weight is 374 g/mol. The second-order valence-electron chi connectivity index (χ2n) is 6.17. The number of carbonyl (C=O) groups excluding carboxylic acids is 4. The van der Waals surface area contributed by atoms with Gasteiger partial charge in [0.15, 0.2) is 0 Å². The number of amides is 2. The van der Waals surface area contributed by atoms with Crippen molar-refractivity contribution in [1.82, 2.24) is 10.1 Å². The maximum absolute atomic E-state index is 11.9. The topological polar surface area (TPSA) is 186 Å². The molecule has 0 aliphatic carbocycles. The third-order valence-corrected chi connectivity index (χ3v) is 4.14. The first-order chi connectivity index (χ1) is 12.3. The predicted molar refractivity (Wildman–Crippen MR) is 81.9 cm³/mol. The standard InChI is InChI=1S/C14H22N4O8/c15-3-7-1-9(19)17(5-7)25-13(23)11(21)12(22)14(24)26-18-6-8(4-16)2-10(18)20/h7-8,13-14,23-24H,1-6,15-16H2. The van der Waals surface area contributed by atoms with Crippen LogP contribution in [0.15, 0.2) is 0 Å². The van der Waals surface area contributed by atoms with Crippen LogP contribution in [0.4, 0.5) is 0 Å². The summed E-state index contributed by atoms with van der Waals surface area (Å²) in [5, 5.41) is 20.9. The van der Waals surface area contributed by atoms with Crippen molar-refractivity contribution in [3.05, 3.63) is 0 Å². The molecule has 0 bridgehead atoms. The van der Waals surface area contributed by atoms with Crippen LogP contribution in [0.1, 0.15) is 12.8 Å². The Bertz CT molecular complexity index is 535. The first-order valence-electron chi connectivity index (χ1n) is 8.05. The quantitative estimate of drug-likeness (QED) is 0.231. The smallest absolute Gasteiger partial charge is 0.261 e. The molecular weight excluding hydrogens is 352 g/mol. The van der Waals surface area contributed by atoms with E-state index in [1.165, 1.54) is 0 Å². The van der Waals surface area contributed by atoms with Crippen LogP contribution in [0, 0.1) is 11.8 Å². The molecule has 6 N–H and O–H groups in total. The van der Waals surface area contributed by atoms with Gasteiger partial charge in [-0.15, -0.1) is 0 Å². The van der Waals surface area contributed by atoms with Crippen molar-refractivity contribution < 1.29 is 39.1 Å². The number of Topliss-reactive ketones (excluding diaryl/α,β-unsaturated/α-hetero) is 2. The molecule has 2 rings (SSSR count). The van der Waals surface area contributed by atoms with Crippen molar-refractivity contribution in [2.75, 3.05) is 26.2 Å². The summed E-state index contributed by atoms with van der Waals surface area (Å²) in [4.78, 5) is 56.5. The van der Waals surface area contributed by atoms with Gasteiger partial charge >= 0.3 is 0 Å². The van der Waals surface area contributed by atoms with E-state index in [0.717, 1.165) is 10.1 Å². The van der Waals surface area contributed by atoms with Crippen LogP contribution in [0.3, 0.4) is 0 Å². The third kappa shape index (κ3) is 4.60. The maximum atomic E-state index is 11.9. The van der Waals surface area contributed by atoms with E-state index >= 15 is 0 Å². The fourth-order valence-electron chi connectivity index (χ4n) is 2.60. The lowest BCUT2D eigenvalue weighted by atomic mass is 10.1. The van der Waals surface area contributed by atoms with E-state index in [0.29, 0.717) is 0 Å². The van der Waals surface area contributed by atoms with E-state index in [-0.39, 0.29) is 50.9 Å². The number of hydrogen-bond acceptors (Lipinski definition) is 10. The van der Waals surface area contributed by atoms with Crippen molar-refractivity contribution in [3.63, 3.8) is 0 Å². The Morgan fingerprint density at radius 1 is 0.923 bits per heavy atom. The first-order valence-corrected chi connectivity index (χ1v) is 8.05. The molecule has 146 valence electrons. The van der Waals surface area contributed by atoms with Crippen LogP contribution in [0.2, 0.25) is 0 Å². The molecule has 0 aromatic heterocycles. The lowest BCUT2D eigenvalue weighted by Gasteiger charge is -2.21. The monoisotopic (exact) mass is 374 g/mol. The molecule has 2 aliphatic heterocycles. The number of hydrogen-bond donors (Lipinski definition) is 4. The number of rotatable bonds is 9. The molecule has 4 atom stereocenters. The van der Waals surface area contributed by atoms with Gasteiger partial charge in [0.05, 0.1) is 13.1 Å². The SMILES string of the molecule is NCC1CC(=O)N(OC(O)C(=O)C(=O)C(O)ON2CC(CN)CC2=O)C1. The van der Waals surface area contributed by atoms with Crippen molar-refractivity contribution >= 4 is 23.4 Å². The van der Waals surface area contributed by atoms with E-state index in [4.69, 9.17) is 21.1 Å². The number of aliphatic hydroxyl groups excluding tert-OH is 2. The highest BCUT2D eigenvalue weighted by Crippen LogP contribution is 2.19. The van der Waals surface area contributed by atoms with Crippen molar-refractivity contribution in [2.24, 2.45) is 23.3 Å². The first kappa shape index (κ1) is 20.4. The van der Waals surface area contributed by atoms with Gasteiger partial charge in [0.2, 0.25) is 24.4 Å². The highest BCUT2D eigenvalue weighted by atomic mass is 16.8. The van der Waals surface area contributed by atoms with E-state index in [1.54, 1.807) is 0 Å². The molecule has 12 nitrogen and oxygen atoms in total. The molecule has 0 aromatic carbocycles. The highest BCUT2D eigenvalue weighted by molar-refractivity contribution is 6.39. The number of nitrogens with zero attached hydrogens (tertiary/aromatic N) is 2. The molecule has 2 fully saturated rings. The van der Waals surface area contributed by atoms with Crippen LogP contribution in [0.5, 0.6) is 0 Å². The Labute approximate surface area is 148 Å². The summed E-state index contributed by atoms with van der Waals surface area (Å²) in [5.74, 6) is -4.41. The molecule has 2 amide bonds. The number of nitrogens with two attached hydrogens (primary N) is 2. The zero-order valence-corrected chi connectivity index (χ0v) is 13.9. The summed E-state index contributed by atoms with van der Waals surface area (Å²) >= 11 is 0. The lowest BCUT2D eigenvalue weighted by molar-refractivity contribution is -0.252. The zero-order valence-electron chi connectivity index (χ0n) is 13.9. The van der Waals surface area contributed by atoms with Gasteiger partial charge in [-0.1, -0.05) is 0 Å². The van der Waals surface area contributed by atoms with Crippen molar-refractivity contribution in [3.8, 4) is 0 Å². The van der Waals surface area contributed by atoms with Crippen molar-refractivity contribution in [1.29, 1.82) is 0 Å². The van der Waals surface area contributed by atoms with Gasteiger partial charge in [-0.3, -0.25) is 19.2 Å². The lowest BCUT2D eigenvalue weighted by Crippen LogP contribution is -2.45. The summed E-state index contributed by atoms with van der Waals surface area (Å²) in [6.07, 6.45) is -4.41. The van der Waals surface area contributed by atoms with Crippen LogP contribution in [-0.2, 0) is 28.9 Å². The van der Waals surface area contributed by atoms with Gasteiger partial charge in [0, 0.05) is 24.7 Å². The van der Waals surface area contributed by atoms with Gasteiger partial charge < -0.3 is 21.7 Å². The molecule has 0 spiro atoms. The normalized spacial score (nSPS) is 25.7. The van der Waals surface area contributed by atoms with Gasteiger partial charge in [-0.25, -0.2) is 19.8 Å². The van der Waals surface area contributed by atoms with Gasteiger partial charge in [-0.2, -0.15) is 0 Å². The fraction of sp³-hybridized carbons (Fsp3) is 0.714. The molecule has 26 heavy (non-hydrogen) atoms. The molecule has 0 radical (unpaired) electrons. The summed E-state index contributed by atoms with van der Waals surface area (Å²) in [5.41, 5.74) is 10.9. The minimum atomic E-state index is -2.30. The number of hydroxylamine groups is 4. The van der Waals surface area contributed by atoms with Crippen LogP contribution in [0.25, 0.3) is 0 Å². The minimum Gasteiger partial charge on any atom is -0.360 e. The Morgan fingerprint density at radius 3 is 1.54 bits per heavy atom. The van der Waals surface area contributed by atoms with Crippen molar-refractivity contribution in [2.45, 2.75) is 25.4 Å². The molecule has 2 saturated heterocycles. The van der Waals surface area contributed by atoms with Gasteiger partial charge in [-0.05, 0) is 13.1 Å². The predicted octanol–water partition coefficient (Wildman–Crippen LogP) is -3.76. The molecular formula is C14H22N4O8. The molecule has 12 heteroatoms. The Hall–Kier alpha value is -1.96. The van der Waals surface area contributed by atoms with Gasteiger partial charge in [0.25, 0.3) is 11.6 Å². The summed E-state index contributed by atoms with van der Waals surface area (Å²) in [6.45, 7) is 0.564. The number of aliphatic hydroxyl groups is 2. The fourth-order valence-corrected chi connectivity index (χ4v) is 2.60. The van der Waals surface area contributed by atoms with E-state index < -0.39 is 36.0 Å². The van der Waals surface area contributed by atoms with E-state index in [9.17, 15) is 29.4 Å². The average Bonchev–Trinajstić information content (AvgIpc) is 3.15. The Morgan fingerprint density at radius 2 is 1.27 bits per heavy atom. The van der Waals surface area contributed by atoms with Crippen LogP contribution >= 0.6 is 0 Å². The second-order valence-corrected chi connectivity index (χ2v) is 6.17. The third-order valence-electron chi connectivity index (χ3n) is 4.14. The van der Waals surface area contributed by atoms with E-state index in [1.807, 2.05) is 0 Å². The molecule has 4 unspecified atom stereocenters. The van der Waals surface area contributed by atoms with Crippen LogP contribution in [-0.4, -0.2) is 82.5 Å². The summed E-state index contributed by atoms with van der Waals surface area (Å²) in [7, 11) is 0. The number of ketones is 2. The molecule has 0 aromatic rings. The number of carbonyl (C=O) groups is 4. The minimum absolute atomic E-state index is 0.0652. The Balaban J connectivity index is 1.86. The molecule has 2 heterocycles. The Kier molecular flexibility index (Phi) is 6.75. The summed E-state index contributed by atoms with van der Waals surface area (Å²) < 4.78 is 0. The largest absolute Gasteiger partial charge is 0.360 e. The maximum Gasteiger partial charge on any atom is 0.261 e. The van der Waals surface area contributed by atoms with Crippen LogP contribution < -0.4 is 11.5 Å². The van der Waals surface area contributed by atoms with E-state index in [2.05, 4.69) is 0 Å².